The molecule has 0 aromatic rings. The van der Waals surface area contributed by atoms with Crippen LogP contribution in [0.1, 0.15) is 38.5 Å². The Balaban J connectivity index is 2.05. The number of allylic oxidation sites excluding steroid dienone is 2. The molecule has 1 aliphatic heterocycles. The Morgan fingerprint density at radius 2 is 2.19 bits per heavy atom. The summed E-state index contributed by atoms with van der Waals surface area (Å²) in [4.78, 5) is 22.8. The molecule has 0 saturated heterocycles. The van der Waals surface area contributed by atoms with E-state index in [0.717, 1.165) is 31.4 Å². The maximum absolute atomic E-state index is 11.6. The Morgan fingerprint density at radius 3 is 2.94 bits per heavy atom. The molecule has 4 heteroatoms. The van der Waals surface area contributed by atoms with Crippen LogP contribution >= 0.6 is 0 Å². The molecule has 2 aliphatic rings. The Morgan fingerprint density at radius 1 is 1.44 bits per heavy atom. The van der Waals surface area contributed by atoms with Crippen molar-refractivity contribution < 1.29 is 19.1 Å². The standard InChI is InChI=1S/C12H16O4/c1-15-11(13)7-9-6-8-4-2-3-5-10(8)16-12(9)14/h9H,2-7H2,1H3. The minimum Gasteiger partial charge on any atom is -0.469 e. The van der Waals surface area contributed by atoms with Crippen molar-refractivity contribution in [3.8, 4) is 0 Å². The van der Waals surface area contributed by atoms with Crippen molar-refractivity contribution >= 4 is 11.9 Å². The first-order chi connectivity index (χ1) is 7.70. The van der Waals surface area contributed by atoms with Crippen molar-refractivity contribution in [3.63, 3.8) is 0 Å². The van der Waals surface area contributed by atoms with Crippen LogP contribution in [0.3, 0.4) is 0 Å². The van der Waals surface area contributed by atoms with E-state index in [9.17, 15) is 9.59 Å². The highest BCUT2D eigenvalue weighted by atomic mass is 16.5. The van der Waals surface area contributed by atoms with E-state index in [2.05, 4.69) is 4.74 Å². The summed E-state index contributed by atoms with van der Waals surface area (Å²) < 4.78 is 9.86. The minimum atomic E-state index is -0.346. The molecule has 1 aliphatic carbocycles. The Bertz CT molecular complexity index is 343. The van der Waals surface area contributed by atoms with E-state index in [-0.39, 0.29) is 24.3 Å². The number of carbonyl (C=O) groups is 2. The quantitative estimate of drug-likeness (QED) is 0.672. The molecule has 0 N–H and O–H groups in total. The van der Waals surface area contributed by atoms with Gasteiger partial charge in [0, 0.05) is 6.42 Å². The zero-order valence-corrected chi connectivity index (χ0v) is 9.45. The number of hydrogen-bond donors (Lipinski definition) is 0. The van der Waals surface area contributed by atoms with E-state index in [1.807, 2.05) is 0 Å². The van der Waals surface area contributed by atoms with Gasteiger partial charge in [-0.15, -0.1) is 0 Å². The molecule has 4 nitrogen and oxygen atoms in total. The lowest BCUT2D eigenvalue weighted by molar-refractivity contribution is -0.152. The van der Waals surface area contributed by atoms with Gasteiger partial charge in [0.25, 0.3) is 0 Å². The van der Waals surface area contributed by atoms with E-state index >= 15 is 0 Å². The van der Waals surface area contributed by atoms with Crippen LogP contribution in [0.2, 0.25) is 0 Å². The van der Waals surface area contributed by atoms with Gasteiger partial charge in [-0.2, -0.15) is 0 Å². The number of hydrogen-bond acceptors (Lipinski definition) is 4. The summed E-state index contributed by atoms with van der Waals surface area (Å²) in [5.74, 6) is -0.102. The molecule has 0 spiro atoms. The summed E-state index contributed by atoms with van der Waals surface area (Å²) in [6, 6.07) is 0. The molecule has 16 heavy (non-hydrogen) atoms. The number of methoxy groups -OCH3 is 1. The molecule has 1 unspecified atom stereocenters. The Labute approximate surface area is 94.6 Å². The molecule has 1 atom stereocenters. The van der Waals surface area contributed by atoms with Gasteiger partial charge in [-0.3, -0.25) is 9.59 Å². The van der Waals surface area contributed by atoms with Crippen molar-refractivity contribution in [3.05, 3.63) is 11.3 Å². The maximum Gasteiger partial charge on any atom is 0.314 e. The first-order valence-corrected chi connectivity index (χ1v) is 5.70. The van der Waals surface area contributed by atoms with Gasteiger partial charge in [-0.25, -0.2) is 0 Å². The summed E-state index contributed by atoms with van der Waals surface area (Å²) in [6.07, 6.45) is 4.91. The summed E-state index contributed by atoms with van der Waals surface area (Å²) in [7, 11) is 1.34. The second kappa shape index (κ2) is 4.68. The van der Waals surface area contributed by atoms with Crippen LogP contribution in [0.5, 0.6) is 0 Å². The van der Waals surface area contributed by atoms with Gasteiger partial charge < -0.3 is 9.47 Å². The highest BCUT2D eigenvalue weighted by Crippen LogP contribution is 2.35. The summed E-state index contributed by atoms with van der Waals surface area (Å²) >= 11 is 0. The summed E-state index contributed by atoms with van der Waals surface area (Å²) in [5, 5.41) is 0. The topological polar surface area (TPSA) is 52.6 Å². The zero-order valence-electron chi connectivity index (χ0n) is 9.45. The lowest BCUT2D eigenvalue weighted by Gasteiger charge is -2.28. The van der Waals surface area contributed by atoms with Gasteiger partial charge in [0.05, 0.1) is 19.4 Å². The zero-order chi connectivity index (χ0) is 11.5. The van der Waals surface area contributed by atoms with Crippen LogP contribution in [0.15, 0.2) is 11.3 Å². The predicted octanol–water partition coefficient (Wildman–Crippen LogP) is 1.94. The fourth-order valence-electron chi connectivity index (χ4n) is 2.30. The Hall–Kier alpha value is -1.32. The van der Waals surface area contributed by atoms with Crippen molar-refractivity contribution in [1.29, 1.82) is 0 Å². The van der Waals surface area contributed by atoms with E-state index < -0.39 is 0 Å². The largest absolute Gasteiger partial charge is 0.469 e. The molecular formula is C12H16O4. The van der Waals surface area contributed by atoms with Crippen LogP contribution in [-0.2, 0) is 19.1 Å². The highest BCUT2D eigenvalue weighted by Gasteiger charge is 2.32. The van der Waals surface area contributed by atoms with Crippen LogP contribution in [0.25, 0.3) is 0 Å². The molecular weight excluding hydrogens is 208 g/mol. The number of ether oxygens (including phenoxy) is 2. The van der Waals surface area contributed by atoms with Gasteiger partial charge >= 0.3 is 11.9 Å². The Kier molecular flexibility index (Phi) is 3.27. The van der Waals surface area contributed by atoms with Crippen LogP contribution in [0, 0.1) is 5.92 Å². The number of rotatable bonds is 2. The van der Waals surface area contributed by atoms with Crippen molar-refractivity contribution in [1.82, 2.24) is 0 Å². The van der Waals surface area contributed by atoms with Crippen LogP contribution in [-0.4, -0.2) is 19.0 Å². The highest BCUT2D eigenvalue weighted by molar-refractivity contribution is 5.81. The van der Waals surface area contributed by atoms with E-state index in [0.29, 0.717) is 6.42 Å². The number of carbonyl (C=O) groups excluding carboxylic acids is 2. The molecule has 0 fully saturated rings. The van der Waals surface area contributed by atoms with Crippen molar-refractivity contribution in [2.75, 3.05) is 7.11 Å². The molecule has 0 radical (unpaired) electrons. The van der Waals surface area contributed by atoms with Gasteiger partial charge in [0.1, 0.15) is 5.76 Å². The van der Waals surface area contributed by atoms with E-state index in [1.54, 1.807) is 0 Å². The first-order valence-electron chi connectivity index (χ1n) is 5.70. The second-order valence-electron chi connectivity index (χ2n) is 4.34. The fraction of sp³-hybridized carbons (Fsp3) is 0.667. The molecule has 0 aromatic heterocycles. The average molecular weight is 224 g/mol. The third kappa shape index (κ3) is 2.26. The molecule has 0 amide bonds. The monoisotopic (exact) mass is 224 g/mol. The molecule has 0 aromatic carbocycles. The van der Waals surface area contributed by atoms with Gasteiger partial charge in [0.2, 0.25) is 0 Å². The van der Waals surface area contributed by atoms with Crippen molar-refractivity contribution in [2.24, 2.45) is 5.92 Å². The average Bonchev–Trinajstić information content (AvgIpc) is 2.30. The lowest BCUT2D eigenvalue weighted by Crippen LogP contribution is -2.27. The fourth-order valence-corrected chi connectivity index (χ4v) is 2.30. The minimum absolute atomic E-state index is 0.131. The van der Waals surface area contributed by atoms with Gasteiger partial charge in [0.15, 0.2) is 0 Å². The number of esters is 2. The molecule has 0 saturated carbocycles. The molecule has 2 rings (SSSR count). The molecule has 88 valence electrons. The first kappa shape index (κ1) is 11.2. The summed E-state index contributed by atoms with van der Waals surface area (Å²) in [6.45, 7) is 0. The third-order valence-corrected chi connectivity index (χ3v) is 3.22. The van der Waals surface area contributed by atoms with Crippen LogP contribution < -0.4 is 0 Å². The smallest absolute Gasteiger partial charge is 0.314 e. The lowest BCUT2D eigenvalue weighted by atomic mass is 9.86. The SMILES string of the molecule is COC(=O)CC1CC2=C(CCCC2)OC1=O. The van der Waals surface area contributed by atoms with Gasteiger partial charge in [-0.05, 0) is 31.3 Å². The normalized spacial score (nSPS) is 24.8. The predicted molar refractivity (Wildman–Crippen MR) is 56.3 cm³/mol. The van der Waals surface area contributed by atoms with Crippen molar-refractivity contribution in [2.45, 2.75) is 38.5 Å². The maximum atomic E-state index is 11.6. The van der Waals surface area contributed by atoms with Gasteiger partial charge in [-0.1, -0.05) is 0 Å². The summed E-state index contributed by atoms with van der Waals surface area (Å²) in [5.41, 5.74) is 1.22. The molecule has 0 bridgehead atoms. The third-order valence-electron chi connectivity index (χ3n) is 3.22. The second-order valence-corrected chi connectivity index (χ2v) is 4.34. The van der Waals surface area contributed by atoms with E-state index in [1.165, 1.54) is 12.7 Å². The van der Waals surface area contributed by atoms with E-state index in [4.69, 9.17) is 4.74 Å². The van der Waals surface area contributed by atoms with Crippen LogP contribution in [0.4, 0.5) is 0 Å². The molecule has 1 heterocycles.